The highest BCUT2D eigenvalue weighted by Crippen LogP contribution is 2.40. The zero-order chi connectivity index (χ0) is 41.7. The molecule has 2 aromatic heterocycles. The topological polar surface area (TPSA) is 13.1 Å². The monoisotopic (exact) mass is 820 g/mol. The summed E-state index contributed by atoms with van der Waals surface area (Å²) in [5.41, 5.74) is 17.7. The van der Waals surface area contributed by atoms with E-state index in [4.69, 9.17) is 4.42 Å². The first kappa shape index (κ1) is 37.0. The maximum Gasteiger partial charge on any atom is 0.135 e. The number of thiophene rings is 1. The summed E-state index contributed by atoms with van der Waals surface area (Å²) >= 11 is 1.86. The molecule has 0 aliphatic heterocycles. The molecule has 0 saturated heterocycles. The highest BCUT2D eigenvalue weighted by molar-refractivity contribution is 7.25. The minimum Gasteiger partial charge on any atom is -0.456 e. The summed E-state index contributed by atoms with van der Waals surface area (Å²) in [5, 5.41) is 4.94. The van der Waals surface area contributed by atoms with E-state index >= 15 is 0 Å². The van der Waals surface area contributed by atoms with Gasteiger partial charge in [0.1, 0.15) is 11.2 Å². The smallest absolute Gasteiger partial charge is 0.135 e. The molecule has 0 spiro atoms. The van der Waals surface area contributed by atoms with E-state index in [1.807, 2.05) is 23.5 Å². The van der Waals surface area contributed by atoms with Crippen molar-refractivity contribution in [2.24, 2.45) is 0 Å². The summed E-state index contributed by atoms with van der Waals surface area (Å²) in [7, 11) is 0. The van der Waals surface area contributed by atoms with Gasteiger partial charge in [-0.15, -0.1) is 11.3 Å². The molecule has 63 heavy (non-hydrogen) atoms. The first-order chi connectivity index (χ1) is 31.2. The summed E-state index contributed by atoms with van der Waals surface area (Å²) in [5.74, 6) is 0.0549. The maximum atomic E-state index is 6.12. The lowest BCUT2D eigenvalue weighted by molar-refractivity contribution is 0.669. The largest absolute Gasteiger partial charge is 0.456 e. The lowest BCUT2D eigenvalue weighted by atomic mass is 9.83. The molecular weight excluding hydrogens is 781 g/mol. The molecule has 0 aliphatic carbocycles. The fourth-order valence-corrected chi connectivity index (χ4v) is 10.5. The average Bonchev–Trinajstić information content (AvgIpc) is 3.93. The molecule has 1 nitrogen and oxygen atoms in total. The summed E-state index contributed by atoms with van der Waals surface area (Å²) in [4.78, 5) is 0. The van der Waals surface area contributed by atoms with Crippen LogP contribution in [0.1, 0.15) is 22.6 Å². The van der Waals surface area contributed by atoms with Crippen LogP contribution in [-0.2, 0) is 0 Å². The molecule has 0 saturated carbocycles. The lowest BCUT2D eigenvalue weighted by Gasteiger charge is -2.20. The standard InChI is InChI=1S/C61H40OS/c1-2-10-40(11-3-1)41-20-26-44(27-21-41)61(45-28-22-42(23-29-45)47-12-8-14-49(36-47)51-32-34-58-55(38-51)53-16-4-6-18-57(53)62-58)46-30-24-43(25-31-46)48-13-9-15-50(37-48)52-33-35-60-56(39-52)54-17-5-7-19-59(54)63-60/h1-39,61H. The molecule has 0 amide bonds. The Morgan fingerprint density at radius 1 is 0.254 bits per heavy atom. The van der Waals surface area contributed by atoms with Gasteiger partial charge in [-0.2, -0.15) is 0 Å². The first-order valence-corrected chi connectivity index (χ1v) is 22.4. The van der Waals surface area contributed by atoms with Crippen LogP contribution < -0.4 is 0 Å². The third kappa shape index (κ3) is 6.92. The van der Waals surface area contributed by atoms with E-state index in [1.54, 1.807) is 0 Å². The van der Waals surface area contributed by atoms with Crippen molar-refractivity contribution in [1.82, 2.24) is 0 Å². The molecule has 2 heterocycles. The highest BCUT2D eigenvalue weighted by Gasteiger charge is 2.19. The molecule has 10 aromatic carbocycles. The van der Waals surface area contributed by atoms with Crippen LogP contribution in [0.25, 0.3) is 97.7 Å². The van der Waals surface area contributed by atoms with Gasteiger partial charge in [-0.05, 0) is 121 Å². The molecule has 0 aliphatic rings. The Hall–Kier alpha value is -7.78. The second-order valence-electron chi connectivity index (χ2n) is 16.4. The van der Waals surface area contributed by atoms with Crippen LogP contribution in [0.5, 0.6) is 0 Å². The first-order valence-electron chi connectivity index (χ1n) is 21.6. The minimum absolute atomic E-state index is 0.0549. The van der Waals surface area contributed by atoms with Gasteiger partial charge in [0.2, 0.25) is 0 Å². The van der Waals surface area contributed by atoms with E-state index in [-0.39, 0.29) is 5.92 Å². The third-order valence-electron chi connectivity index (χ3n) is 12.7. The van der Waals surface area contributed by atoms with Gasteiger partial charge in [-0.3, -0.25) is 0 Å². The van der Waals surface area contributed by atoms with E-state index in [0.29, 0.717) is 0 Å². The van der Waals surface area contributed by atoms with Crippen LogP contribution in [0.4, 0.5) is 0 Å². The van der Waals surface area contributed by atoms with Crippen molar-refractivity contribution in [1.29, 1.82) is 0 Å². The normalized spacial score (nSPS) is 12.1. The number of furan rings is 1. The Morgan fingerprint density at radius 3 is 1.27 bits per heavy atom. The van der Waals surface area contributed by atoms with Crippen LogP contribution in [0.3, 0.4) is 0 Å². The van der Waals surface area contributed by atoms with E-state index in [0.717, 1.165) is 21.9 Å². The molecule has 1 unspecified atom stereocenters. The average molecular weight is 821 g/mol. The van der Waals surface area contributed by atoms with Crippen molar-refractivity contribution in [2.45, 2.75) is 5.92 Å². The predicted molar refractivity (Wildman–Crippen MR) is 268 cm³/mol. The third-order valence-corrected chi connectivity index (χ3v) is 13.8. The second kappa shape index (κ2) is 15.6. The van der Waals surface area contributed by atoms with E-state index in [1.165, 1.54) is 92.5 Å². The Bertz CT molecular complexity index is 3390. The molecule has 0 fully saturated rings. The second-order valence-corrected chi connectivity index (χ2v) is 17.5. The number of benzene rings is 10. The molecule has 0 bridgehead atoms. The van der Waals surface area contributed by atoms with Crippen molar-refractivity contribution < 1.29 is 4.42 Å². The molecular formula is C61H40OS. The maximum absolute atomic E-state index is 6.12. The van der Waals surface area contributed by atoms with E-state index < -0.39 is 0 Å². The zero-order valence-electron chi connectivity index (χ0n) is 34.4. The van der Waals surface area contributed by atoms with E-state index in [9.17, 15) is 0 Å². The summed E-state index contributed by atoms with van der Waals surface area (Å²) in [6.07, 6.45) is 0. The van der Waals surface area contributed by atoms with Crippen LogP contribution in [0.2, 0.25) is 0 Å². The van der Waals surface area contributed by atoms with Crippen LogP contribution in [-0.4, -0.2) is 0 Å². The summed E-state index contributed by atoms with van der Waals surface area (Å²) < 4.78 is 8.78. The van der Waals surface area contributed by atoms with Crippen molar-refractivity contribution >= 4 is 53.4 Å². The van der Waals surface area contributed by atoms with Crippen molar-refractivity contribution in [3.63, 3.8) is 0 Å². The minimum atomic E-state index is 0.0549. The Balaban J connectivity index is 0.870. The van der Waals surface area contributed by atoms with Crippen molar-refractivity contribution in [2.75, 3.05) is 0 Å². The Labute approximate surface area is 370 Å². The number of hydrogen-bond acceptors (Lipinski definition) is 2. The fraction of sp³-hybridized carbons (Fsp3) is 0.0164. The number of para-hydroxylation sites is 1. The van der Waals surface area contributed by atoms with Crippen LogP contribution in [0.15, 0.2) is 241 Å². The van der Waals surface area contributed by atoms with Crippen molar-refractivity contribution in [3.8, 4) is 55.6 Å². The quantitative estimate of drug-likeness (QED) is 0.139. The predicted octanol–water partition coefficient (Wildman–Crippen LogP) is 17.5. The molecule has 1 atom stereocenters. The van der Waals surface area contributed by atoms with Crippen LogP contribution in [0, 0.1) is 0 Å². The molecule has 12 rings (SSSR count). The van der Waals surface area contributed by atoms with Gasteiger partial charge in [0, 0.05) is 36.9 Å². The SMILES string of the molecule is c1ccc(-c2ccc(C(c3ccc(-c4cccc(-c5ccc6oc7ccccc7c6c5)c4)cc3)c3ccc(-c4cccc(-c5ccc6sc7ccccc7c6c5)c4)cc3)cc2)cc1. The summed E-state index contributed by atoms with van der Waals surface area (Å²) in [6.45, 7) is 0. The van der Waals surface area contributed by atoms with Gasteiger partial charge < -0.3 is 4.42 Å². The number of hydrogen-bond donors (Lipinski definition) is 0. The van der Waals surface area contributed by atoms with Gasteiger partial charge in [0.05, 0.1) is 0 Å². The van der Waals surface area contributed by atoms with Gasteiger partial charge in [0.15, 0.2) is 0 Å². The molecule has 296 valence electrons. The lowest BCUT2D eigenvalue weighted by Crippen LogP contribution is -2.03. The number of rotatable bonds is 8. The Kier molecular flexibility index (Phi) is 9.17. The van der Waals surface area contributed by atoms with Crippen molar-refractivity contribution in [3.05, 3.63) is 253 Å². The zero-order valence-corrected chi connectivity index (χ0v) is 35.2. The van der Waals surface area contributed by atoms with Gasteiger partial charge in [0.25, 0.3) is 0 Å². The van der Waals surface area contributed by atoms with Gasteiger partial charge in [-0.25, -0.2) is 0 Å². The van der Waals surface area contributed by atoms with E-state index in [2.05, 4.69) is 224 Å². The van der Waals surface area contributed by atoms with Crippen LogP contribution >= 0.6 is 11.3 Å². The summed E-state index contributed by atoms with van der Waals surface area (Å²) in [6, 6.07) is 86.4. The molecule has 0 radical (unpaired) electrons. The number of fused-ring (bicyclic) bond motifs is 6. The molecule has 2 heteroatoms. The molecule has 0 N–H and O–H groups in total. The van der Waals surface area contributed by atoms with Gasteiger partial charge >= 0.3 is 0 Å². The highest BCUT2D eigenvalue weighted by atomic mass is 32.1. The van der Waals surface area contributed by atoms with Gasteiger partial charge in [-0.1, -0.05) is 188 Å². The molecule has 12 aromatic rings. The fourth-order valence-electron chi connectivity index (χ4n) is 9.38. The Morgan fingerprint density at radius 2 is 0.651 bits per heavy atom.